The number of methoxy groups -OCH3 is 1. The molecule has 4 unspecified atom stereocenters. The van der Waals surface area contributed by atoms with Gasteiger partial charge in [0.1, 0.15) is 12.7 Å². The zero-order valence-electron chi connectivity index (χ0n) is 12.0. The monoisotopic (exact) mass is 272 g/mol. The number of hydrogen-bond acceptors (Lipinski definition) is 5. The van der Waals surface area contributed by atoms with Crippen LogP contribution < -0.4 is 0 Å². The van der Waals surface area contributed by atoms with Gasteiger partial charge >= 0.3 is 0 Å². The Labute approximate surface area is 114 Å². The van der Waals surface area contributed by atoms with Gasteiger partial charge in [0.15, 0.2) is 6.10 Å². The molecule has 4 atom stereocenters. The quantitative estimate of drug-likeness (QED) is 0.711. The summed E-state index contributed by atoms with van der Waals surface area (Å²) in [6.07, 6.45) is 2.14. The Morgan fingerprint density at radius 3 is 2.63 bits per heavy atom. The lowest BCUT2D eigenvalue weighted by Crippen LogP contribution is -2.42. The first-order chi connectivity index (χ1) is 9.08. The van der Waals surface area contributed by atoms with Crippen LogP contribution in [0.5, 0.6) is 0 Å². The van der Waals surface area contributed by atoms with Crippen molar-refractivity contribution < 1.29 is 24.4 Å². The van der Waals surface area contributed by atoms with E-state index >= 15 is 0 Å². The standard InChI is InChI=1S/C14H24O5/c1-5-10(7-15)13(16)9(3)14(17-4)11-8-18-12(6-2)19-11/h5-6,9,11,13-16H,7-8H2,1-4H3/b10-5-,12-6+. The molecule has 1 heterocycles. The van der Waals surface area contributed by atoms with Gasteiger partial charge in [0.2, 0.25) is 0 Å². The Hall–Kier alpha value is -1.04. The first-order valence-electron chi connectivity index (χ1n) is 6.51. The van der Waals surface area contributed by atoms with Gasteiger partial charge < -0.3 is 24.4 Å². The third-order valence-electron chi connectivity index (χ3n) is 3.48. The molecule has 5 heteroatoms. The first kappa shape index (κ1) is 16.0. The van der Waals surface area contributed by atoms with Crippen molar-refractivity contribution in [3.63, 3.8) is 0 Å². The molecular formula is C14H24O5. The van der Waals surface area contributed by atoms with Crippen LogP contribution in [-0.2, 0) is 14.2 Å². The van der Waals surface area contributed by atoms with Crippen LogP contribution in [0.2, 0.25) is 0 Å². The molecule has 2 N–H and O–H groups in total. The van der Waals surface area contributed by atoms with Crippen molar-refractivity contribution in [1.29, 1.82) is 0 Å². The summed E-state index contributed by atoms with van der Waals surface area (Å²) >= 11 is 0. The van der Waals surface area contributed by atoms with Crippen molar-refractivity contribution in [2.45, 2.75) is 39.1 Å². The van der Waals surface area contributed by atoms with E-state index in [2.05, 4.69) is 0 Å². The zero-order chi connectivity index (χ0) is 14.4. The largest absolute Gasteiger partial charge is 0.462 e. The normalized spacial score (nSPS) is 26.7. The van der Waals surface area contributed by atoms with Gasteiger partial charge in [0.05, 0.1) is 12.7 Å². The van der Waals surface area contributed by atoms with Crippen LogP contribution in [-0.4, -0.2) is 48.8 Å². The number of ether oxygens (including phenoxy) is 3. The van der Waals surface area contributed by atoms with Gasteiger partial charge in [-0.3, -0.25) is 0 Å². The van der Waals surface area contributed by atoms with Gasteiger partial charge in [-0.05, 0) is 25.5 Å². The van der Waals surface area contributed by atoms with Gasteiger partial charge in [-0.2, -0.15) is 0 Å². The third-order valence-corrected chi connectivity index (χ3v) is 3.48. The molecule has 1 aliphatic heterocycles. The molecule has 0 saturated carbocycles. The van der Waals surface area contributed by atoms with Crippen molar-refractivity contribution in [2.75, 3.05) is 20.3 Å². The van der Waals surface area contributed by atoms with Crippen LogP contribution in [0.3, 0.4) is 0 Å². The fourth-order valence-corrected chi connectivity index (χ4v) is 2.27. The van der Waals surface area contributed by atoms with E-state index in [1.165, 1.54) is 0 Å². The maximum Gasteiger partial charge on any atom is 0.275 e. The van der Waals surface area contributed by atoms with Crippen LogP contribution in [0.4, 0.5) is 0 Å². The molecule has 0 radical (unpaired) electrons. The smallest absolute Gasteiger partial charge is 0.275 e. The molecule has 1 rings (SSSR count). The van der Waals surface area contributed by atoms with Crippen molar-refractivity contribution in [3.05, 3.63) is 23.7 Å². The molecule has 1 saturated heterocycles. The molecule has 0 aromatic carbocycles. The summed E-state index contributed by atoms with van der Waals surface area (Å²) in [4.78, 5) is 0. The van der Waals surface area contributed by atoms with Crippen LogP contribution in [0.1, 0.15) is 20.8 Å². The number of aliphatic hydroxyl groups is 2. The fraction of sp³-hybridized carbons (Fsp3) is 0.714. The predicted octanol–water partition coefficient (Wildman–Crippen LogP) is 1.21. The molecule has 110 valence electrons. The summed E-state index contributed by atoms with van der Waals surface area (Å²) in [6, 6.07) is 0. The number of aliphatic hydroxyl groups excluding tert-OH is 2. The predicted molar refractivity (Wildman–Crippen MR) is 71.4 cm³/mol. The number of allylic oxidation sites excluding steroid dienone is 2. The van der Waals surface area contributed by atoms with Crippen LogP contribution in [0.25, 0.3) is 0 Å². The van der Waals surface area contributed by atoms with E-state index in [1.807, 2.05) is 13.8 Å². The molecule has 0 aromatic heterocycles. The van der Waals surface area contributed by atoms with Crippen LogP contribution >= 0.6 is 0 Å². The SMILES string of the molecule is C/C=C(/CO)C(O)C(C)C(OC)C1CO/C(=C\C)O1. The Morgan fingerprint density at radius 1 is 1.53 bits per heavy atom. The number of hydrogen-bond donors (Lipinski definition) is 2. The summed E-state index contributed by atoms with van der Waals surface area (Å²) in [7, 11) is 1.58. The Balaban J connectivity index is 2.74. The highest BCUT2D eigenvalue weighted by Gasteiger charge is 2.37. The first-order valence-corrected chi connectivity index (χ1v) is 6.51. The summed E-state index contributed by atoms with van der Waals surface area (Å²) in [5.41, 5.74) is 0.583. The second-order valence-corrected chi connectivity index (χ2v) is 4.60. The van der Waals surface area contributed by atoms with Gasteiger partial charge in [-0.25, -0.2) is 0 Å². The van der Waals surface area contributed by atoms with Gasteiger partial charge in [0.25, 0.3) is 5.95 Å². The molecule has 0 amide bonds. The molecule has 1 fully saturated rings. The second-order valence-electron chi connectivity index (χ2n) is 4.60. The maximum atomic E-state index is 10.2. The Bertz CT molecular complexity index is 337. The number of rotatable bonds is 6. The second kappa shape index (κ2) is 7.53. The molecule has 5 nitrogen and oxygen atoms in total. The van der Waals surface area contributed by atoms with Crippen molar-refractivity contribution in [1.82, 2.24) is 0 Å². The van der Waals surface area contributed by atoms with Gasteiger partial charge in [-0.1, -0.05) is 13.0 Å². The van der Waals surface area contributed by atoms with Crippen LogP contribution in [0.15, 0.2) is 23.7 Å². The molecule has 19 heavy (non-hydrogen) atoms. The van der Waals surface area contributed by atoms with E-state index in [9.17, 15) is 10.2 Å². The van der Waals surface area contributed by atoms with Gasteiger partial charge in [-0.15, -0.1) is 0 Å². The summed E-state index contributed by atoms with van der Waals surface area (Å²) in [6.45, 7) is 5.73. The average Bonchev–Trinajstić information content (AvgIpc) is 2.89. The van der Waals surface area contributed by atoms with E-state index < -0.39 is 6.10 Å². The zero-order valence-corrected chi connectivity index (χ0v) is 12.0. The van der Waals surface area contributed by atoms with E-state index in [-0.39, 0.29) is 24.7 Å². The van der Waals surface area contributed by atoms with Crippen molar-refractivity contribution in [3.8, 4) is 0 Å². The lowest BCUT2D eigenvalue weighted by molar-refractivity contribution is -0.0618. The van der Waals surface area contributed by atoms with E-state index in [1.54, 1.807) is 26.2 Å². The Kier molecular flexibility index (Phi) is 6.34. The molecule has 0 aliphatic carbocycles. The third kappa shape index (κ3) is 3.72. The van der Waals surface area contributed by atoms with E-state index in [0.717, 1.165) is 0 Å². The van der Waals surface area contributed by atoms with Crippen LogP contribution in [0, 0.1) is 5.92 Å². The van der Waals surface area contributed by atoms with E-state index in [4.69, 9.17) is 14.2 Å². The lowest BCUT2D eigenvalue weighted by Gasteiger charge is -2.30. The topological polar surface area (TPSA) is 68.2 Å². The maximum absolute atomic E-state index is 10.2. The van der Waals surface area contributed by atoms with Gasteiger partial charge in [0, 0.05) is 13.0 Å². The highest BCUT2D eigenvalue weighted by Crippen LogP contribution is 2.27. The molecule has 0 spiro atoms. The molecule has 1 aliphatic rings. The highest BCUT2D eigenvalue weighted by molar-refractivity contribution is 5.10. The summed E-state index contributed by atoms with van der Waals surface area (Å²) in [5, 5.41) is 19.5. The molecule has 0 bridgehead atoms. The minimum Gasteiger partial charge on any atom is -0.462 e. The molecular weight excluding hydrogens is 248 g/mol. The summed E-state index contributed by atoms with van der Waals surface area (Å²) < 4.78 is 16.4. The minimum atomic E-state index is -0.766. The Morgan fingerprint density at radius 2 is 2.21 bits per heavy atom. The minimum absolute atomic E-state index is 0.166. The van der Waals surface area contributed by atoms with Crippen molar-refractivity contribution >= 4 is 0 Å². The summed E-state index contributed by atoms with van der Waals surface area (Å²) in [5.74, 6) is 0.273. The van der Waals surface area contributed by atoms with E-state index in [0.29, 0.717) is 18.1 Å². The fourth-order valence-electron chi connectivity index (χ4n) is 2.27. The average molecular weight is 272 g/mol. The van der Waals surface area contributed by atoms with Crippen molar-refractivity contribution in [2.24, 2.45) is 5.92 Å². The highest BCUT2D eigenvalue weighted by atomic mass is 16.7. The molecule has 0 aromatic rings. The lowest BCUT2D eigenvalue weighted by atomic mass is 9.89.